The zero-order valence-corrected chi connectivity index (χ0v) is 11.4. The van der Waals surface area contributed by atoms with Crippen LogP contribution in [0.25, 0.3) is 0 Å². The summed E-state index contributed by atoms with van der Waals surface area (Å²) >= 11 is 6.95. The predicted molar refractivity (Wildman–Crippen MR) is 69.3 cm³/mol. The summed E-state index contributed by atoms with van der Waals surface area (Å²) in [5.74, 6) is 1.14. The van der Waals surface area contributed by atoms with Gasteiger partial charge >= 0.3 is 0 Å². The van der Waals surface area contributed by atoms with Gasteiger partial charge in [0.05, 0.1) is 6.10 Å². The molecule has 14 heavy (non-hydrogen) atoms. The third kappa shape index (κ3) is 4.82. The van der Waals surface area contributed by atoms with Crippen molar-refractivity contribution < 1.29 is 5.11 Å². The molecule has 1 aromatic rings. The molecule has 0 saturated carbocycles. The van der Waals surface area contributed by atoms with Gasteiger partial charge in [0, 0.05) is 21.2 Å². The molecule has 0 amide bonds. The number of thiophene rings is 1. The normalized spacial score (nSPS) is 13.1. The number of aliphatic hydroxyl groups excluding tert-OH is 1. The minimum atomic E-state index is -0.173. The average molecular weight is 295 g/mol. The van der Waals surface area contributed by atoms with Crippen LogP contribution >= 0.6 is 39.0 Å². The van der Waals surface area contributed by atoms with Crippen molar-refractivity contribution in [3.05, 3.63) is 20.8 Å². The van der Waals surface area contributed by atoms with E-state index < -0.39 is 0 Å². The summed E-state index contributed by atoms with van der Waals surface area (Å²) in [5.41, 5.74) is 0. The number of thioether (sulfide) groups is 1. The summed E-state index contributed by atoms with van der Waals surface area (Å²) in [6, 6.07) is 2.09. The van der Waals surface area contributed by atoms with Gasteiger partial charge in [-0.1, -0.05) is 0 Å². The first kappa shape index (κ1) is 12.6. The summed E-state index contributed by atoms with van der Waals surface area (Å²) in [5, 5.41) is 11.8. The van der Waals surface area contributed by atoms with Gasteiger partial charge < -0.3 is 5.11 Å². The monoisotopic (exact) mass is 294 g/mol. The van der Waals surface area contributed by atoms with E-state index in [2.05, 4.69) is 33.6 Å². The highest BCUT2D eigenvalue weighted by molar-refractivity contribution is 9.10. The fourth-order valence-electron chi connectivity index (χ4n) is 1.26. The molecule has 4 heteroatoms. The molecule has 1 aromatic heterocycles. The van der Waals surface area contributed by atoms with E-state index in [4.69, 9.17) is 0 Å². The lowest BCUT2D eigenvalue weighted by atomic mass is 10.1. The first-order chi connectivity index (χ1) is 6.72. The zero-order valence-electron chi connectivity index (χ0n) is 8.20. The highest BCUT2D eigenvalue weighted by Gasteiger charge is 2.06. The first-order valence-electron chi connectivity index (χ1n) is 4.62. The van der Waals surface area contributed by atoms with Crippen LogP contribution in [0.3, 0.4) is 0 Å². The minimum Gasteiger partial charge on any atom is -0.393 e. The standard InChI is InChI=1S/C10H15BrOS2/c1-13-4-2-3-9(12)6-10-5-8(11)7-14-10/h5,7,9,12H,2-4,6H2,1H3. The summed E-state index contributed by atoms with van der Waals surface area (Å²) in [6.45, 7) is 0. The third-order valence-electron chi connectivity index (χ3n) is 1.94. The molecule has 0 saturated heterocycles. The van der Waals surface area contributed by atoms with Gasteiger partial charge in [-0.05, 0) is 46.8 Å². The zero-order chi connectivity index (χ0) is 10.4. The van der Waals surface area contributed by atoms with Gasteiger partial charge in [0.15, 0.2) is 0 Å². The molecule has 0 fully saturated rings. The van der Waals surface area contributed by atoms with Crippen LogP contribution in [0.2, 0.25) is 0 Å². The second-order valence-corrected chi connectivity index (χ2v) is 6.12. The molecule has 1 unspecified atom stereocenters. The molecule has 0 aliphatic carbocycles. The smallest absolute Gasteiger partial charge is 0.0588 e. The van der Waals surface area contributed by atoms with E-state index in [0.717, 1.165) is 29.5 Å². The van der Waals surface area contributed by atoms with E-state index in [1.165, 1.54) is 4.88 Å². The van der Waals surface area contributed by atoms with Crippen molar-refractivity contribution in [2.75, 3.05) is 12.0 Å². The Hall–Kier alpha value is 0.490. The van der Waals surface area contributed by atoms with Crippen LogP contribution in [0.1, 0.15) is 17.7 Å². The molecule has 80 valence electrons. The molecule has 1 atom stereocenters. The molecular formula is C10H15BrOS2. The number of aliphatic hydroxyl groups is 1. The quantitative estimate of drug-likeness (QED) is 0.810. The van der Waals surface area contributed by atoms with Crippen molar-refractivity contribution in [1.82, 2.24) is 0 Å². The fourth-order valence-corrected chi connectivity index (χ4v) is 3.24. The Morgan fingerprint density at radius 3 is 3.00 bits per heavy atom. The van der Waals surface area contributed by atoms with E-state index in [1.807, 2.05) is 11.8 Å². The van der Waals surface area contributed by atoms with Crippen molar-refractivity contribution in [3.63, 3.8) is 0 Å². The Labute approximate surface area is 102 Å². The molecule has 0 radical (unpaired) electrons. The van der Waals surface area contributed by atoms with Crippen molar-refractivity contribution in [2.24, 2.45) is 0 Å². The van der Waals surface area contributed by atoms with E-state index in [1.54, 1.807) is 11.3 Å². The molecule has 0 aliphatic heterocycles. The lowest BCUT2D eigenvalue weighted by Gasteiger charge is -2.07. The van der Waals surface area contributed by atoms with Gasteiger partial charge in [-0.15, -0.1) is 11.3 Å². The van der Waals surface area contributed by atoms with Crippen LogP contribution in [0.5, 0.6) is 0 Å². The van der Waals surface area contributed by atoms with Crippen LogP contribution in [-0.4, -0.2) is 23.2 Å². The van der Waals surface area contributed by atoms with Crippen molar-refractivity contribution in [1.29, 1.82) is 0 Å². The molecule has 1 nitrogen and oxygen atoms in total. The lowest BCUT2D eigenvalue weighted by molar-refractivity contribution is 0.165. The number of hydrogen-bond donors (Lipinski definition) is 1. The van der Waals surface area contributed by atoms with Crippen LogP contribution in [0.15, 0.2) is 15.9 Å². The maximum atomic E-state index is 9.72. The summed E-state index contributed by atoms with van der Waals surface area (Å²) < 4.78 is 1.12. The highest BCUT2D eigenvalue weighted by Crippen LogP contribution is 2.21. The maximum absolute atomic E-state index is 9.72. The summed E-state index contributed by atoms with van der Waals surface area (Å²) in [6.07, 6.45) is 4.74. The van der Waals surface area contributed by atoms with Crippen LogP contribution in [0, 0.1) is 0 Å². The average Bonchev–Trinajstić information content (AvgIpc) is 2.52. The Kier molecular flexibility index (Phi) is 6.17. The topological polar surface area (TPSA) is 20.2 Å². The molecule has 1 rings (SSSR count). The van der Waals surface area contributed by atoms with Gasteiger partial charge in [0.1, 0.15) is 0 Å². The number of rotatable bonds is 6. The Bertz CT molecular complexity index is 262. The van der Waals surface area contributed by atoms with Crippen LogP contribution in [-0.2, 0) is 6.42 Å². The van der Waals surface area contributed by atoms with Crippen molar-refractivity contribution >= 4 is 39.0 Å². The van der Waals surface area contributed by atoms with E-state index in [9.17, 15) is 5.11 Å². The summed E-state index contributed by atoms with van der Waals surface area (Å²) in [7, 11) is 0. The summed E-state index contributed by atoms with van der Waals surface area (Å²) in [4.78, 5) is 1.26. The SMILES string of the molecule is CSCCCC(O)Cc1cc(Br)cs1. The van der Waals surface area contributed by atoms with Gasteiger partial charge in [-0.25, -0.2) is 0 Å². The number of halogens is 1. The third-order valence-corrected chi connectivity index (χ3v) is 4.36. The molecular weight excluding hydrogens is 280 g/mol. The molecule has 1 N–H and O–H groups in total. The van der Waals surface area contributed by atoms with Crippen LogP contribution < -0.4 is 0 Å². The van der Waals surface area contributed by atoms with Crippen molar-refractivity contribution in [3.8, 4) is 0 Å². The molecule has 0 bridgehead atoms. The van der Waals surface area contributed by atoms with E-state index in [-0.39, 0.29) is 6.10 Å². The maximum Gasteiger partial charge on any atom is 0.0588 e. The Morgan fingerprint density at radius 1 is 1.64 bits per heavy atom. The Balaban J connectivity index is 2.23. The predicted octanol–water partition coefficient (Wildman–Crippen LogP) is 3.56. The minimum absolute atomic E-state index is 0.173. The molecule has 1 heterocycles. The second-order valence-electron chi connectivity index (χ2n) is 3.22. The molecule has 0 spiro atoms. The highest BCUT2D eigenvalue weighted by atomic mass is 79.9. The van der Waals surface area contributed by atoms with Crippen molar-refractivity contribution in [2.45, 2.75) is 25.4 Å². The van der Waals surface area contributed by atoms with Gasteiger partial charge in [-0.3, -0.25) is 0 Å². The van der Waals surface area contributed by atoms with E-state index in [0.29, 0.717) is 0 Å². The molecule has 0 aromatic carbocycles. The number of hydrogen-bond acceptors (Lipinski definition) is 3. The lowest BCUT2D eigenvalue weighted by Crippen LogP contribution is -2.09. The van der Waals surface area contributed by atoms with Gasteiger partial charge in [0.2, 0.25) is 0 Å². The van der Waals surface area contributed by atoms with Crippen LogP contribution in [0.4, 0.5) is 0 Å². The van der Waals surface area contributed by atoms with Gasteiger partial charge in [0.25, 0.3) is 0 Å². The fraction of sp³-hybridized carbons (Fsp3) is 0.600. The van der Waals surface area contributed by atoms with E-state index >= 15 is 0 Å². The van der Waals surface area contributed by atoms with Gasteiger partial charge in [-0.2, -0.15) is 11.8 Å². The Morgan fingerprint density at radius 2 is 2.43 bits per heavy atom. The second kappa shape index (κ2) is 6.88. The largest absolute Gasteiger partial charge is 0.393 e. The molecule has 0 aliphatic rings. The first-order valence-corrected chi connectivity index (χ1v) is 7.69.